The van der Waals surface area contributed by atoms with Gasteiger partial charge in [-0.05, 0) is 30.4 Å². The second kappa shape index (κ2) is 9.78. The molecule has 0 spiro atoms. The maximum absolute atomic E-state index is 12.5. The van der Waals surface area contributed by atoms with Crippen molar-refractivity contribution in [3.63, 3.8) is 0 Å². The van der Waals surface area contributed by atoms with Crippen LogP contribution < -0.4 is 16.0 Å². The third kappa shape index (κ3) is 5.44. The van der Waals surface area contributed by atoms with E-state index in [0.29, 0.717) is 19.0 Å². The van der Waals surface area contributed by atoms with E-state index in [2.05, 4.69) is 26.1 Å². The lowest BCUT2D eigenvalue weighted by molar-refractivity contribution is -0.127. The highest BCUT2D eigenvalue weighted by Crippen LogP contribution is 2.28. The van der Waals surface area contributed by atoms with E-state index < -0.39 is 0 Å². The van der Waals surface area contributed by atoms with Gasteiger partial charge in [-0.2, -0.15) is 0 Å². The summed E-state index contributed by atoms with van der Waals surface area (Å²) in [6, 6.07) is 7.87. The smallest absolute Gasteiger partial charge is 0.227 e. The van der Waals surface area contributed by atoms with Crippen LogP contribution in [0.2, 0.25) is 0 Å². The summed E-state index contributed by atoms with van der Waals surface area (Å²) in [5.41, 5.74) is 7.82. The number of nitrogens with zero attached hydrogens (tertiary/aromatic N) is 1. The maximum Gasteiger partial charge on any atom is 0.227 e. The number of halogens is 1. The number of rotatable bonds is 7. The summed E-state index contributed by atoms with van der Waals surface area (Å²) in [6.07, 6.45) is 1.98. The third-order valence-corrected chi connectivity index (χ3v) is 4.55. The van der Waals surface area contributed by atoms with Crippen molar-refractivity contribution in [1.29, 1.82) is 0 Å². The van der Waals surface area contributed by atoms with Gasteiger partial charge in [-0.1, -0.05) is 39.0 Å². The highest BCUT2D eigenvalue weighted by molar-refractivity contribution is 6.00. The van der Waals surface area contributed by atoms with E-state index in [4.69, 9.17) is 5.73 Å². The van der Waals surface area contributed by atoms with E-state index in [1.165, 1.54) is 0 Å². The van der Waals surface area contributed by atoms with Gasteiger partial charge >= 0.3 is 0 Å². The van der Waals surface area contributed by atoms with Gasteiger partial charge in [-0.25, -0.2) is 0 Å². The summed E-state index contributed by atoms with van der Waals surface area (Å²) in [4.78, 5) is 26.7. The van der Waals surface area contributed by atoms with Gasteiger partial charge in [-0.3, -0.25) is 9.59 Å². The Labute approximate surface area is 156 Å². The fraction of sp³-hybridized carbons (Fsp3) is 0.579. The van der Waals surface area contributed by atoms with Crippen LogP contribution in [0.15, 0.2) is 24.3 Å². The number of amides is 2. The summed E-state index contributed by atoms with van der Waals surface area (Å²) in [7, 11) is 0. The van der Waals surface area contributed by atoms with Crippen LogP contribution in [0.3, 0.4) is 0 Å². The van der Waals surface area contributed by atoms with E-state index in [1.54, 1.807) is 4.90 Å². The van der Waals surface area contributed by atoms with E-state index in [9.17, 15) is 9.59 Å². The molecule has 1 aliphatic rings. The third-order valence-electron chi connectivity index (χ3n) is 4.55. The summed E-state index contributed by atoms with van der Waals surface area (Å²) in [5, 5.41) is 3.02. The zero-order valence-corrected chi connectivity index (χ0v) is 16.1. The molecule has 1 aromatic carbocycles. The zero-order chi connectivity index (χ0) is 17.7. The Hall–Kier alpha value is -1.59. The molecule has 3 N–H and O–H groups in total. The Morgan fingerprint density at radius 3 is 2.64 bits per heavy atom. The minimum absolute atomic E-state index is 0. The van der Waals surface area contributed by atoms with Gasteiger partial charge < -0.3 is 16.0 Å². The molecular weight excluding hydrogens is 338 g/mol. The van der Waals surface area contributed by atoms with Gasteiger partial charge in [0.05, 0.1) is 5.92 Å². The van der Waals surface area contributed by atoms with Crippen molar-refractivity contribution in [3.8, 4) is 0 Å². The van der Waals surface area contributed by atoms with Crippen LogP contribution >= 0.6 is 12.4 Å². The minimum atomic E-state index is -0.302. The Bertz CT molecular complexity index is 592. The standard InChI is InChI=1S/C19H29N3O2.ClH/c1-4-14-7-5-6-8-17(14)22-12-15(10-18(22)23)19(24)21-16(11-20)9-13(2)3;/h5-8,13,15-16H,4,9-12,20H2,1-3H3,(H,21,24);1H. The number of nitrogens with one attached hydrogen (secondary N) is 1. The van der Waals surface area contributed by atoms with E-state index in [0.717, 1.165) is 24.1 Å². The second-order valence-electron chi connectivity index (χ2n) is 6.96. The van der Waals surface area contributed by atoms with Crippen LogP contribution in [-0.2, 0) is 16.0 Å². The van der Waals surface area contributed by atoms with Gasteiger partial charge in [0.2, 0.25) is 11.8 Å². The molecule has 1 saturated heterocycles. The Kier molecular flexibility index (Phi) is 8.39. The molecule has 140 valence electrons. The van der Waals surface area contributed by atoms with Crippen molar-refractivity contribution in [3.05, 3.63) is 29.8 Å². The van der Waals surface area contributed by atoms with Crippen LogP contribution in [0.1, 0.15) is 39.2 Å². The molecule has 2 unspecified atom stereocenters. The molecule has 6 heteroatoms. The average Bonchev–Trinajstić information content (AvgIpc) is 2.95. The Balaban J connectivity index is 0.00000312. The first-order chi connectivity index (χ1) is 11.5. The molecule has 25 heavy (non-hydrogen) atoms. The molecule has 1 aromatic rings. The number of para-hydroxylation sites is 1. The fourth-order valence-electron chi connectivity index (χ4n) is 3.29. The lowest BCUT2D eigenvalue weighted by atomic mass is 10.0. The van der Waals surface area contributed by atoms with Crippen LogP contribution in [-0.4, -0.2) is 30.9 Å². The molecule has 1 fully saturated rings. The molecule has 0 aliphatic carbocycles. The zero-order valence-electron chi connectivity index (χ0n) is 15.3. The number of benzene rings is 1. The molecule has 2 atom stereocenters. The Morgan fingerprint density at radius 1 is 1.36 bits per heavy atom. The van der Waals surface area contributed by atoms with Gasteiger partial charge in [0.15, 0.2) is 0 Å². The van der Waals surface area contributed by atoms with Crippen molar-refractivity contribution in [1.82, 2.24) is 5.32 Å². The average molecular weight is 368 g/mol. The molecule has 1 aliphatic heterocycles. The largest absolute Gasteiger partial charge is 0.352 e. The lowest BCUT2D eigenvalue weighted by Crippen LogP contribution is -2.44. The highest BCUT2D eigenvalue weighted by Gasteiger charge is 2.36. The predicted octanol–water partition coefficient (Wildman–Crippen LogP) is 2.51. The van der Waals surface area contributed by atoms with Gasteiger partial charge in [0.1, 0.15) is 0 Å². The normalized spacial score (nSPS) is 18.2. The first-order valence-corrected chi connectivity index (χ1v) is 8.84. The predicted molar refractivity (Wildman–Crippen MR) is 104 cm³/mol. The van der Waals surface area contributed by atoms with Crippen molar-refractivity contribution < 1.29 is 9.59 Å². The summed E-state index contributed by atoms with van der Waals surface area (Å²) < 4.78 is 0. The number of carbonyl (C=O) groups excluding carboxylic acids is 2. The van der Waals surface area contributed by atoms with Crippen LogP contribution in [0.25, 0.3) is 0 Å². The molecule has 0 saturated carbocycles. The van der Waals surface area contributed by atoms with Crippen molar-refractivity contribution in [2.45, 2.75) is 46.1 Å². The minimum Gasteiger partial charge on any atom is -0.352 e. The summed E-state index contributed by atoms with van der Waals surface area (Å²) in [5.74, 6) is 0.126. The summed E-state index contributed by atoms with van der Waals surface area (Å²) >= 11 is 0. The van der Waals surface area contributed by atoms with Crippen LogP contribution in [0, 0.1) is 11.8 Å². The number of nitrogens with two attached hydrogens (primary N) is 1. The van der Waals surface area contributed by atoms with Gasteiger partial charge in [0, 0.05) is 31.2 Å². The Morgan fingerprint density at radius 2 is 2.04 bits per heavy atom. The first kappa shape index (κ1) is 21.5. The van der Waals surface area contributed by atoms with E-state index in [1.807, 2.05) is 24.3 Å². The second-order valence-corrected chi connectivity index (χ2v) is 6.96. The van der Waals surface area contributed by atoms with Crippen molar-refractivity contribution in [2.75, 3.05) is 18.0 Å². The molecular formula is C19H30ClN3O2. The highest BCUT2D eigenvalue weighted by atomic mass is 35.5. The number of hydrogen-bond donors (Lipinski definition) is 2. The van der Waals surface area contributed by atoms with Crippen LogP contribution in [0.4, 0.5) is 5.69 Å². The maximum atomic E-state index is 12.5. The molecule has 5 nitrogen and oxygen atoms in total. The summed E-state index contributed by atoms with van der Waals surface area (Å²) in [6.45, 7) is 7.16. The monoisotopic (exact) mass is 367 g/mol. The van der Waals surface area contributed by atoms with Crippen LogP contribution in [0.5, 0.6) is 0 Å². The molecule has 1 heterocycles. The molecule has 2 amide bonds. The topological polar surface area (TPSA) is 75.4 Å². The van der Waals surface area contributed by atoms with Gasteiger partial charge in [-0.15, -0.1) is 12.4 Å². The van der Waals surface area contributed by atoms with Gasteiger partial charge in [0.25, 0.3) is 0 Å². The fourth-order valence-corrected chi connectivity index (χ4v) is 3.29. The van der Waals surface area contributed by atoms with E-state index >= 15 is 0 Å². The number of anilines is 1. The molecule has 0 radical (unpaired) electrons. The number of carbonyl (C=O) groups is 2. The first-order valence-electron chi connectivity index (χ1n) is 8.84. The number of aryl methyl sites for hydroxylation is 1. The quantitative estimate of drug-likeness (QED) is 0.777. The SMILES string of the molecule is CCc1ccccc1N1CC(C(=O)NC(CN)CC(C)C)CC1=O.Cl. The molecule has 0 bridgehead atoms. The van der Waals surface area contributed by atoms with E-state index in [-0.39, 0.29) is 42.6 Å². The molecule has 0 aromatic heterocycles. The van der Waals surface area contributed by atoms with Crippen molar-refractivity contribution >= 4 is 29.9 Å². The van der Waals surface area contributed by atoms with Crippen molar-refractivity contribution in [2.24, 2.45) is 17.6 Å². The number of hydrogen-bond acceptors (Lipinski definition) is 3. The molecule has 2 rings (SSSR count). The lowest BCUT2D eigenvalue weighted by Gasteiger charge is -2.22.